The number of benzene rings is 1. The number of thioether (sulfide) groups is 1. The molecule has 7 nitrogen and oxygen atoms in total. The summed E-state index contributed by atoms with van der Waals surface area (Å²) in [5.74, 6) is -0.295. The van der Waals surface area contributed by atoms with Crippen LogP contribution in [0, 0.1) is 25.2 Å². The minimum atomic E-state index is -0.340. The smallest absolute Gasteiger partial charge is 0.214 e. The van der Waals surface area contributed by atoms with Crippen LogP contribution in [-0.4, -0.2) is 31.7 Å². The lowest BCUT2D eigenvalue weighted by Crippen LogP contribution is -2.11. The Bertz CT molecular complexity index is 814. The summed E-state index contributed by atoms with van der Waals surface area (Å²) < 4.78 is 1.59. The second-order valence-corrected chi connectivity index (χ2v) is 5.99. The summed E-state index contributed by atoms with van der Waals surface area (Å²) >= 11 is 1.17. The van der Waals surface area contributed by atoms with Crippen LogP contribution in [0.5, 0.6) is 0 Å². The second-order valence-electron chi connectivity index (χ2n) is 5.04. The molecule has 0 radical (unpaired) electrons. The van der Waals surface area contributed by atoms with Crippen molar-refractivity contribution in [2.75, 3.05) is 5.75 Å². The van der Waals surface area contributed by atoms with E-state index in [4.69, 9.17) is 11.0 Å². The highest BCUT2D eigenvalue weighted by molar-refractivity contribution is 7.99. The lowest BCUT2D eigenvalue weighted by atomic mass is 10.1. The van der Waals surface area contributed by atoms with E-state index in [0.717, 1.165) is 16.8 Å². The number of carbonyl (C=O) groups excluding carboxylic acids is 1. The average Bonchev–Trinajstić information content (AvgIpc) is 2.96. The Morgan fingerprint density at radius 3 is 2.83 bits per heavy atom. The maximum absolute atomic E-state index is 12.0. The molecule has 0 aliphatic heterocycles. The van der Waals surface area contributed by atoms with Gasteiger partial charge in [-0.05, 0) is 48.4 Å². The molecule has 1 heterocycles. The number of nitrogens with two attached hydrogens (primary N) is 1. The molecule has 23 heavy (non-hydrogen) atoms. The van der Waals surface area contributed by atoms with E-state index >= 15 is 0 Å². The number of aryl methyl sites for hydroxylation is 2. The van der Waals surface area contributed by atoms with Crippen LogP contribution < -0.4 is 5.73 Å². The molecule has 1 aromatic carbocycles. The predicted octanol–water partition coefficient (Wildman–Crippen LogP) is 1.70. The van der Waals surface area contributed by atoms with E-state index in [9.17, 15) is 4.79 Å². The Morgan fingerprint density at radius 2 is 2.17 bits per heavy atom. The second kappa shape index (κ2) is 7.07. The predicted molar refractivity (Wildman–Crippen MR) is 86.9 cm³/mol. The van der Waals surface area contributed by atoms with Crippen LogP contribution in [-0.2, 0) is 4.79 Å². The van der Waals surface area contributed by atoms with Gasteiger partial charge in [-0.15, -0.1) is 5.10 Å². The van der Waals surface area contributed by atoms with Crippen molar-refractivity contribution < 1.29 is 4.79 Å². The largest absolute Gasteiger partial charge is 0.401 e. The van der Waals surface area contributed by atoms with E-state index in [-0.39, 0.29) is 22.8 Å². The number of tetrazole rings is 1. The molecule has 0 amide bonds. The molecule has 8 heteroatoms. The third kappa shape index (κ3) is 3.76. The third-order valence-electron chi connectivity index (χ3n) is 3.15. The maximum Gasteiger partial charge on any atom is 0.214 e. The van der Waals surface area contributed by atoms with Crippen LogP contribution in [0.15, 0.2) is 34.6 Å². The highest BCUT2D eigenvalue weighted by Crippen LogP contribution is 2.22. The van der Waals surface area contributed by atoms with Gasteiger partial charge in [0.05, 0.1) is 11.4 Å². The van der Waals surface area contributed by atoms with Crippen molar-refractivity contribution in [2.45, 2.75) is 25.9 Å². The van der Waals surface area contributed by atoms with Gasteiger partial charge in [0, 0.05) is 5.70 Å². The topological polar surface area (TPSA) is 110 Å². The van der Waals surface area contributed by atoms with Gasteiger partial charge in [-0.25, -0.2) is 0 Å². The summed E-state index contributed by atoms with van der Waals surface area (Å²) in [5.41, 5.74) is 8.69. The molecular formula is C15H16N6OS. The van der Waals surface area contributed by atoms with Crippen LogP contribution in [0.4, 0.5) is 0 Å². The molecule has 0 aliphatic rings. The lowest BCUT2D eigenvalue weighted by Gasteiger charge is -2.08. The molecule has 0 spiro atoms. The van der Waals surface area contributed by atoms with Crippen molar-refractivity contribution in [3.05, 3.63) is 40.6 Å². The molecule has 0 bridgehead atoms. The summed E-state index contributed by atoms with van der Waals surface area (Å²) in [4.78, 5) is 12.0. The highest BCUT2D eigenvalue weighted by Gasteiger charge is 2.16. The van der Waals surface area contributed by atoms with Gasteiger partial charge in [0.25, 0.3) is 0 Å². The van der Waals surface area contributed by atoms with Gasteiger partial charge in [-0.3, -0.25) is 4.79 Å². The van der Waals surface area contributed by atoms with Crippen LogP contribution >= 0.6 is 11.8 Å². The molecule has 0 unspecified atom stereocenters. The molecule has 118 valence electrons. The van der Waals surface area contributed by atoms with Crippen molar-refractivity contribution in [2.24, 2.45) is 5.73 Å². The molecular weight excluding hydrogens is 312 g/mol. The molecule has 0 atom stereocenters. The van der Waals surface area contributed by atoms with Gasteiger partial charge < -0.3 is 5.73 Å². The van der Waals surface area contributed by atoms with E-state index in [1.54, 1.807) is 4.68 Å². The number of aromatic nitrogens is 4. The van der Waals surface area contributed by atoms with Crippen LogP contribution in [0.2, 0.25) is 0 Å². The number of hydrogen-bond acceptors (Lipinski definition) is 7. The van der Waals surface area contributed by atoms with Crippen molar-refractivity contribution in [1.82, 2.24) is 20.2 Å². The van der Waals surface area contributed by atoms with E-state index in [2.05, 4.69) is 15.5 Å². The van der Waals surface area contributed by atoms with Gasteiger partial charge in [0.1, 0.15) is 11.6 Å². The van der Waals surface area contributed by atoms with Gasteiger partial charge in [0.15, 0.2) is 5.78 Å². The molecule has 2 N–H and O–H groups in total. The zero-order valence-corrected chi connectivity index (χ0v) is 13.9. The summed E-state index contributed by atoms with van der Waals surface area (Å²) in [6, 6.07) is 7.80. The summed E-state index contributed by atoms with van der Waals surface area (Å²) in [7, 11) is 0. The first-order chi connectivity index (χ1) is 10.9. The van der Waals surface area contributed by atoms with E-state index in [1.807, 2.05) is 38.1 Å². The van der Waals surface area contributed by atoms with Crippen molar-refractivity contribution in [1.29, 1.82) is 5.26 Å². The third-order valence-corrected chi connectivity index (χ3v) is 4.07. The van der Waals surface area contributed by atoms with Crippen LogP contribution in [0.3, 0.4) is 0 Å². The number of nitriles is 1. The molecule has 0 saturated heterocycles. The van der Waals surface area contributed by atoms with Gasteiger partial charge in [0.2, 0.25) is 5.16 Å². The quantitative estimate of drug-likeness (QED) is 0.505. The van der Waals surface area contributed by atoms with Gasteiger partial charge >= 0.3 is 0 Å². The fraction of sp³-hybridized carbons (Fsp3) is 0.267. The number of ketones is 1. The highest BCUT2D eigenvalue weighted by atomic mass is 32.2. The number of carbonyl (C=O) groups is 1. The van der Waals surface area contributed by atoms with Crippen LogP contribution in [0.25, 0.3) is 5.69 Å². The molecule has 0 aliphatic carbocycles. The first-order valence-electron chi connectivity index (χ1n) is 6.82. The first kappa shape index (κ1) is 16.7. The average molecular weight is 328 g/mol. The Morgan fingerprint density at radius 1 is 1.43 bits per heavy atom. The monoisotopic (exact) mass is 328 g/mol. The standard InChI is InChI=1S/C15H16N6OS/c1-9-4-5-10(2)13(6-9)21-15(18-19-20-21)23-8-14(22)12(7-16)11(3)17/h4-6H,8,17H2,1-3H3. The van der Waals surface area contributed by atoms with Crippen molar-refractivity contribution in [3.63, 3.8) is 0 Å². The first-order valence-corrected chi connectivity index (χ1v) is 7.81. The van der Waals surface area contributed by atoms with Crippen molar-refractivity contribution in [3.8, 4) is 11.8 Å². The SMILES string of the molecule is CC(N)=C(C#N)C(=O)CSc1nnnn1-c1cc(C)ccc1C. The molecule has 1 aromatic heterocycles. The Labute approximate surface area is 138 Å². The Hall–Kier alpha value is -2.66. The van der Waals surface area contributed by atoms with E-state index in [0.29, 0.717) is 5.16 Å². The minimum absolute atomic E-state index is 0.0248. The zero-order valence-electron chi connectivity index (χ0n) is 13.1. The Kier molecular flexibility index (Phi) is 5.13. The number of nitrogens with zero attached hydrogens (tertiary/aromatic N) is 5. The van der Waals surface area contributed by atoms with E-state index < -0.39 is 0 Å². The Balaban J connectivity index is 2.23. The number of rotatable bonds is 5. The number of Topliss-reactive ketones (excluding diaryl/α,β-unsaturated/α-hetero) is 1. The van der Waals surface area contributed by atoms with Gasteiger partial charge in [-0.1, -0.05) is 23.9 Å². The molecule has 2 rings (SSSR count). The summed E-state index contributed by atoms with van der Waals surface area (Å²) in [6.07, 6.45) is 0. The summed E-state index contributed by atoms with van der Waals surface area (Å²) in [5, 5.41) is 21.1. The number of allylic oxidation sites excluding steroid dienone is 2. The minimum Gasteiger partial charge on any atom is -0.401 e. The molecule has 2 aromatic rings. The maximum atomic E-state index is 12.0. The summed E-state index contributed by atoms with van der Waals surface area (Å²) in [6.45, 7) is 5.48. The fourth-order valence-electron chi connectivity index (χ4n) is 1.94. The zero-order chi connectivity index (χ0) is 17.0. The fourth-order valence-corrected chi connectivity index (χ4v) is 2.70. The van der Waals surface area contributed by atoms with Gasteiger partial charge in [-0.2, -0.15) is 9.94 Å². The van der Waals surface area contributed by atoms with E-state index in [1.165, 1.54) is 18.7 Å². The van der Waals surface area contributed by atoms with Crippen molar-refractivity contribution >= 4 is 17.5 Å². The molecule has 0 fully saturated rings. The van der Waals surface area contributed by atoms with Crippen LogP contribution in [0.1, 0.15) is 18.1 Å². The normalized spacial score (nSPS) is 11.7. The lowest BCUT2D eigenvalue weighted by molar-refractivity contribution is -0.112. The molecule has 0 saturated carbocycles. The number of hydrogen-bond donors (Lipinski definition) is 1.